The maximum atomic E-state index is 14.0. The van der Waals surface area contributed by atoms with Crippen LogP contribution in [-0.4, -0.2) is 16.7 Å². The van der Waals surface area contributed by atoms with E-state index in [0.29, 0.717) is 10.6 Å². The summed E-state index contributed by atoms with van der Waals surface area (Å²) in [4.78, 5) is 0. The number of nitrogens with zero attached hydrogens (tertiary/aromatic N) is 2. The maximum Gasteiger partial charge on any atom is 0.150 e. The summed E-state index contributed by atoms with van der Waals surface area (Å²) in [6.07, 6.45) is 2.03. The molecule has 3 nitrogen and oxygen atoms in total. The standard InChI is InChI=1S/C15H20FN3S/c1-4-8-17-13(5-2)15-19-18-14(20-15)11-7-6-10(3)9-12(11)16/h6-7,9,13,17H,4-5,8H2,1-3H3. The van der Waals surface area contributed by atoms with Crippen molar-refractivity contribution >= 4 is 11.3 Å². The minimum Gasteiger partial charge on any atom is -0.308 e. The van der Waals surface area contributed by atoms with E-state index in [4.69, 9.17) is 0 Å². The van der Waals surface area contributed by atoms with Gasteiger partial charge in [0.25, 0.3) is 0 Å². The molecule has 1 unspecified atom stereocenters. The third-order valence-corrected chi connectivity index (χ3v) is 4.21. The molecule has 0 radical (unpaired) electrons. The predicted octanol–water partition coefficient (Wildman–Crippen LogP) is 4.10. The van der Waals surface area contributed by atoms with Gasteiger partial charge in [-0.2, -0.15) is 0 Å². The molecule has 1 aromatic carbocycles. The number of aryl methyl sites for hydroxylation is 1. The molecular formula is C15H20FN3S. The van der Waals surface area contributed by atoms with Crippen molar-refractivity contribution in [2.75, 3.05) is 6.54 Å². The van der Waals surface area contributed by atoms with Crippen LogP contribution in [-0.2, 0) is 0 Å². The van der Waals surface area contributed by atoms with E-state index in [2.05, 4.69) is 29.4 Å². The zero-order valence-corrected chi connectivity index (χ0v) is 12.9. The Hall–Kier alpha value is -1.33. The highest BCUT2D eigenvalue weighted by atomic mass is 32.1. The minimum atomic E-state index is -0.234. The summed E-state index contributed by atoms with van der Waals surface area (Å²) in [5, 5.41) is 13.4. The number of hydrogen-bond donors (Lipinski definition) is 1. The molecule has 5 heteroatoms. The number of halogens is 1. The molecule has 1 aromatic heterocycles. The molecule has 0 bridgehead atoms. The lowest BCUT2D eigenvalue weighted by molar-refractivity contribution is 0.513. The largest absolute Gasteiger partial charge is 0.308 e. The van der Waals surface area contributed by atoms with Crippen molar-refractivity contribution in [3.63, 3.8) is 0 Å². The van der Waals surface area contributed by atoms with Gasteiger partial charge < -0.3 is 5.32 Å². The number of nitrogens with one attached hydrogen (secondary N) is 1. The second-order valence-electron chi connectivity index (χ2n) is 4.84. The first-order valence-electron chi connectivity index (χ1n) is 6.99. The minimum absolute atomic E-state index is 0.203. The van der Waals surface area contributed by atoms with Crippen molar-refractivity contribution < 1.29 is 4.39 Å². The molecule has 0 saturated heterocycles. The van der Waals surface area contributed by atoms with E-state index >= 15 is 0 Å². The van der Waals surface area contributed by atoms with Crippen LogP contribution in [0.4, 0.5) is 4.39 Å². The summed E-state index contributed by atoms with van der Waals surface area (Å²) in [5.74, 6) is -0.234. The molecule has 0 spiro atoms. The summed E-state index contributed by atoms with van der Waals surface area (Å²) >= 11 is 1.46. The Bertz CT molecular complexity index is 568. The van der Waals surface area contributed by atoms with E-state index < -0.39 is 0 Å². The van der Waals surface area contributed by atoms with Gasteiger partial charge in [-0.25, -0.2) is 4.39 Å². The Morgan fingerprint density at radius 2 is 2.10 bits per heavy atom. The smallest absolute Gasteiger partial charge is 0.150 e. The lowest BCUT2D eigenvalue weighted by Gasteiger charge is -2.12. The fourth-order valence-electron chi connectivity index (χ4n) is 2.00. The first kappa shape index (κ1) is 15.1. The summed E-state index contributed by atoms with van der Waals surface area (Å²) in [5.41, 5.74) is 1.44. The first-order valence-corrected chi connectivity index (χ1v) is 7.80. The fourth-order valence-corrected chi connectivity index (χ4v) is 3.03. The second kappa shape index (κ2) is 6.90. The lowest BCUT2D eigenvalue weighted by atomic mass is 10.1. The Morgan fingerprint density at radius 1 is 1.30 bits per heavy atom. The van der Waals surface area contributed by atoms with Crippen LogP contribution in [0.15, 0.2) is 18.2 Å². The van der Waals surface area contributed by atoms with E-state index in [1.54, 1.807) is 6.07 Å². The van der Waals surface area contributed by atoms with Gasteiger partial charge in [-0.05, 0) is 44.0 Å². The zero-order valence-electron chi connectivity index (χ0n) is 12.1. The van der Waals surface area contributed by atoms with Crippen LogP contribution in [0.1, 0.15) is 43.3 Å². The predicted molar refractivity (Wildman–Crippen MR) is 81.4 cm³/mol. The second-order valence-corrected chi connectivity index (χ2v) is 5.85. The van der Waals surface area contributed by atoms with E-state index in [1.807, 2.05) is 13.0 Å². The van der Waals surface area contributed by atoms with Gasteiger partial charge in [0, 0.05) is 5.56 Å². The van der Waals surface area contributed by atoms with Crippen molar-refractivity contribution in [2.24, 2.45) is 0 Å². The van der Waals surface area contributed by atoms with Crippen LogP contribution in [0.2, 0.25) is 0 Å². The van der Waals surface area contributed by atoms with Crippen LogP contribution in [0.3, 0.4) is 0 Å². The SMILES string of the molecule is CCCNC(CC)c1nnc(-c2ccc(C)cc2F)s1. The molecule has 0 fully saturated rings. The molecule has 2 aromatic rings. The average molecular weight is 293 g/mol. The highest BCUT2D eigenvalue weighted by Crippen LogP contribution is 2.30. The molecule has 1 heterocycles. The lowest BCUT2D eigenvalue weighted by Crippen LogP contribution is -2.21. The van der Waals surface area contributed by atoms with E-state index in [9.17, 15) is 4.39 Å². The van der Waals surface area contributed by atoms with E-state index in [0.717, 1.165) is 30.0 Å². The van der Waals surface area contributed by atoms with Crippen molar-refractivity contribution in [1.82, 2.24) is 15.5 Å². The van der Waals surface area contributed by atoms with Crippen molar-refractivity contribution in [2.45, 2.75) is 39.7 Å². The van der Waals surface area contributed by atoms with E-state index in [-0.39, 0.29) is 11.9 Å². The van der Waals surface area contributed by atoms with Crippen LogP contribution in [0.25, 0.3) is 10.6 Å². The summed E-state index contributed by atoms with van der Waals surface area (Å²) in [6.45, 7) is 7.07. The van der Waals surface area contributed by atoms with Gasteiger partial charge in [0.05, 0.1) is 6.04 Å². The molecule has 1 atom stereocenters. The molecule has 0 saturated carbocycles. The fraction of sp³-hybridized carbons (Fsp3) is 0.467. The molecule has 0 aliphatic heterocycles. The van der Waals surface area contributed by atoms with E-state index in [1.165, 1.54) is 17.4 Å². The molecule has 1 N–H and O–H groups in total. The monoisotopic (exact) mass is 293 g/mol. The normalized spacial score (nSPS) is 12.6. The topological polar surface area (TPSA) is 37.8 Å². The Kier molecular flexibility index (Phi) is 5.20. The molecule has 0 aliphatic carbocycles. The molecular weight excluding hydrogens is 273 g/mol. The maximum absolute atomic E-state index is 14.0. The number of hydrogen-bond acceptors (Lipinski definition) is 4. The van der Waals surface area contributed by atoms with Gasteiger partial charge in [0.1, 0.15) is 10.8 Å². The Labute approximate surface area is 123 Å². The highest BCUT2D eigenvalue weighted by Gasteiger charge is 2.16. The molecule has 0 amide bonds. The molecule has 0 aliphatic rings. The van der Waals surface area contributed by atoms with Crippen molar-refractivity contribution in [3.05, 3.63) is 34.6 Å². The third-order valence-electron chi connectivity index (χ3n) is 3.14. The summed E-state index contributed by atoms with van der Waals surface area (Å²) in [6, 6.07) is 5.40. The van der Waals surface area contributed by atoms with Gasteiger partial charge in [-0.1, -0.05) is 31.3 Å². The summed E-state index contributed by atoms with van der Waals surface area (Å²) in [7, 11) is 0. The number of benzene rings is 1. The van der Waals surface area contributed by atoms with Crippen LogP contribution >= 0.6 is 11.3 Å². The van der Waals surface area contributed by atoms with Gasteiger partial charge >= 0.3 is 0 Å². The first-order chi connectivity index (χ1) is 9.65. The quantitative estimate of drug-likeness (QED) is 0.871. The third kappa shape index (κ3) is 3.41. The average Bonchev–Trinajstić information content (AvgIpc) is 2.89. The van der Waals surface area contributed by atoms with Gasteiger partial charge in [-0.15, -0.1) is 10.2 Å². The molecule has 20 heavy (non-hydrogen) atoms. The van der Waals surface area contributed by atoms with Gasteiger partial charge in [0.2, 0.25) is 0 Å². The Morgan fingerprint density at radius 3 is 2.75 bits per heavy atom. The van der Waals surface area contributed by atoms with Crippen LogP contribution < -0.4 is 5.32 Å². The molecule has 2 rings (SSSR count). The van der Waals surface area contributed by atoms with Crippen molar-refractivity contribution in [3.8, 4) is 10.6 Å². The molecule has 108 valence electrons. The number of rotatable bonds is 6. The van der Waals surface area contributed by atoms with Crippen LogP contribution in [0.5, 0.6) is 0 Å². The van der Waals surface area contributed by atoms with Gasteiger partial charge in [0.15, 0.2) is 5.01 Å². The van der Waals surface area contributed by atoms with Crippen LogP contribution in [0, 0.1) is 12.7 Å². The zero-order chi connectivity index (χ0) is 14.5. The number of aromatic nitrogens is 2. The van der Waals surface area contributed by atoms with Gasteiger partial charge in [-0.3, -0.25) is 0 Å². The van der Waals surface area contributed by atoms with Crippen molar-refractivity contribution in [1.29, 1.82) is 0 Å². The summed E-state index contributed by atoms with van der Waals surface area (Å²) < 4.78 is 14.0. The highest BCUT2D eigenvalue weighted by molar-refractivity contribution is 7.14. The Balaban J connectivity index is 2.23.